The molecule has 0 aliphatic heterocycles. The van der Waals surface area contributed by atoms with Crippen molar-refractivity contribution in [2.24, 2.45) is 0 Å². The molecule has 0 saturated heterocycles. The number of carbonyl (C=O) groups excluding carboxylic acids is 2. The van der Waals surface area contributed by atoms with Crippen molar-refractivity contribution >= 4 is 11.9 Å². The second-order valence-electron chi connectivity index (χ2n) is 17.6. The van der Waals surface area contributed by atoms with Crippen molar-refractivity contribution in [1.82, 2.24) is 5.32 Å². The number of unbranched alkanes of at least 4 members (excludes halogenated alkanes) is 30. The molecule has 3 N–H and O–H groups in total. The van der Waals surface area contributed by atoms with Gasteiger partial charge in [0, 0.05) is 6.42 Å². The Hall–Kier alpha value is -1.66. The Bertz CT molecular complexity index is 919. The molecule has 3 unspecified atom stereocenters. The number of rotatable bonds is 46. The summed E-state index contributed by atoms with van der Waals surface area (Å²) in [5.74, 6) is -0.480. The van der Waals surface area contributed by atoms with Crippen molar-refractivity contribution in [2.45, 2.75) is 289 Å². The maximum absolute atomic E-state index is 13.2. The SMILES string of the molecule is CCC/C=C\CCCCCCCC(=O)OC(CCCCCCCCC/C=C/CCCCCCCC)CC(=O)NC(CO)C(O)CCCCCCCCCCCCCC. The van der Waals surface area contributed by atoms with Crippen molar-refractivity contribution in [3.05, 3.63) is 24.3 Å². The second-order valence-corrected chi connectivity index (χ2v) is 17.6. The number of esters is 1. The highest BCUT2D eigenvalue weighted by atomic mass is 16.5. The van der Waals surface area contributed by atoms with Crippen LogP contribution in [-0.4, -0.2) is 46.9 Å². The number of amides is 1. The predicted molar refractivity (Wildman–Crippen MR) is 250 cm³/mol. The van der Waals surface area contributed by atoms with E-state index >= 15 is 0 Å². The summed E-state index contributed by atoms with van der Waals surface area (Å²) in [5, 5.41) is 23.7. The minimum atomic E-state index is -0.786. The standard InChI is InChI=1S/C52H99NO5/c1-4-7-10-13-16-19-22-24-25-26-27-28-29-31-34-37-40-43-48(58-52(57)45-42-39-36-33-21-18-15-12-9-6-3)46-51(56)53-49(47-54)50(55)44-41-38-35-32-30-23-20-17-14-11-8-5-2/h12,15,24-25,48-50,54-55H,4-11,13-14,16-23,26-47H2,1-3H3,(H,53,56)/b15-12-,25-24+. The molecule has 342 valence electrons. The van der Waals surface area contributed by atoms with Gasteiger partial charge < -0.3 is 20.3 Å². The smallest absolute Gasteiger partial charge is 0.306 e. The Morgan fingerprint density at radius 2 is 0.862 bits per heavy atom. The number of nitrogens with one attached hydrogen (secondary N) is 1. The molecule has 6 nitrogen and oxygen atoms in total. The Balaban J connectivity index is 4.54. The van der Waals surface area contributed by atoms with Gasteiger partial charge >= 0.3 is 5.97 Å². The topological polar surface area (TPSA) is 95.9 Å². The van der Waals surface area contributed by atoms with Crippen LogP contribution in [0.5, 0.6) is 0 Å². The molecule has 0 aromatic carbocycles. The molecule has 1 amide bonds. The summed E-state index contributed by atoms with van der Waals surface area (Å²) in [6.45, 7) is 6.43. The molecule has 0 rings (SSSR count). The summed E-state index contributed by atoms with van der Waals surface area (Å²) in [6, 6.07) is -0.700. The normalized spacial score (nSPS) is 13.4. The van der Waals surface area contributed by atoms with Crippen LogP contribution in [0.25, 0.3) is 0 Å². The molecule has 0 saturated carbocycles. The molecule has 0 aliphatic rings. The lowest BCUT2D eigenvalue weighted by molar-refractivity contribution is -0.151. The molecular formula is C52H99NO5. The summed E-state index contributed by atoms with van der Waals surface area (Å²) in [4.78, 5) is 26.1. The Labute approximate surface area is 361 Å². The van der Waals surface area contributed by atoms with Crippen LogP contribution in [0, 0.1) is 0 Å². The third-order valence-electron chi connectivity index (χ3n) is 11.7. The molecule has 3 atom stereocenters. The molecule has 0 fully saturated rings. The number of aliphatic hydroxyl groups excluding tert-OH is 2. The summed E-state index contributed by atoms with van der Waals surface area (Å²) in [6.07, 6.45) is 52.4. The highest BCUT2D eigenvalue weighted by molar-refractivity contribution is 5.77. The second kappa shape index (κ2) is 46.4. The van der Waals surface area contributed by atoms with Crippen molar-refractivity contribution in [3.63, 3.8) is 0 Å². The first-order chi connectivity index (χ1) is 28.5. The van der Waals surface area contributed by atoms with E-state index in [1.165, 1.54) is 161 Å². The van der Waals surface area contributed by atoms with Gasteiger partial charge in [0.05, 0.1) is 25.2 Å². The summed E-state index contributed by atoms with van der Waals surface area (Å²) >= 11 is 0. The highest BCUT2D eigenvalue weighted by Gasteiger charge is 2.24. The Kier molecular flexibility index (Phi) is 45.1. The van der Waals surface area contributed by atoms with Gasteiger partial charge in [-0.3, -0.25) is 9.59 Å². The number of allylic oxidation sites excluding steroid dienone is 4. The van der Waals surface area contributed by atoms with Crippen LogP contribution in [0.4, 0.5) is 0 Å². The van der Waals surface area contributed by atoms with Gasteiger partial charge in [0.15, 0.2) is 0 Å². The van der Waals surface area contributed by atoms with E-state index in [1.54, 1.807) is 0 Å². The van der Waals surface area contributed by atoms with Crippen molar-refractivity contribution in [3.8, 4) is 0 Å². The van der Waals surface area contributed by atoms with Gasteiger partial charge in [0.2, 0.25) is 5.91 Å². The van der Waals surface area contributed by atoms with E-state index in [2.05, 4.69) is 50.4 Å². The first kappa shape index (κ1) is 56.3. The monoisotopic (exact) mass is 818 g/mol. The largest absolute Gasteiger partial charge is 0.462 e. The average Bonchev–Trinajstić information content (AvgIpc) is 3.22. The van der Waals surface area contributed by atoms with Gasteiger partial charge in [0.1, 0.15) is 6.10 Å². The number of carbonyl (C=O) groups is 2. The first-order valence-electron chi connectivity index (χ1n) is 25.6. The van der Waals surface area contributed by atoms with Gasteiger partial charge in [-0.25, -0.2) is 0 Å². The summed E-state index contributed by atoms with van der Waals surface area (Å²) in [5.41, 5.74) is 0. The maximum Gasteiger partial charge on any atom is 0.306 e. The fraction of sp³-hybridized carbons (Fsp3) is 0.885. The van der Waals surface area contributed by atoms with Gasteiger partial charge in [-0.1, -0.05) is 212 Å². The molecule has 0 aromatic heterocycles. The molecule has 6 heteroatoms. The lowest BCUT2D eigenvalue weighted by Crippen LogP contribution is -2.46. The quantitative estimate of drug-likeness (QED) is 0.0323. The van der Waals surface area contributed by atoms with Crippen LogP contribution in [-0.2, 0) is 14.3 Å². The van der Waals surface area contributed by atoms with E-state index in [0.29, 0.717) is 19.3 Å². The van der Waals surface area contributed by atoms with E-state index in [4.69, 9.17) is 4.74 Å². The van der Waals surface area contributed by atoms with Gasteiger partial charge in [-0.05, 0) is 70.6 Å². The molecular weight excluding hydrogens is 719 g/mol. The van der Waals surface area contributed by atoms with E-state index in [0.717, 1.165) is 64.2 Å². The summed E-state index contributed by atoms with van der Waals surface area (Å²) < 4.78 is 5.92. The fourth-order valence-corrected chi connectivity index (χ4v) is 7.84. The number of hydrogen-bond donors (Lipinski definition) is 3. The average molecular weight is 818 g/mol. The van der Waals surface area contributed by atoms with Crippen molar-refractivity contribution < 1.29 is 24.5 Å². The predicted octanol–water partition coefficient (Wildman–Crippen LogP) is 15.1. The molecule has 0 aliphatic carbocycles. The van der Waals surface area contributed by atoms with Crippen LogP contribution in [0.2, 0.25) is 0 Å². The zero-order chi connectivity index (χ0) is 42.4. The van der Waals surface area contributed by atoms with Gasteiger partial charge in [-0.15, -0.1) is 0 Å². The minimum absolute atomic E-state index is 0.0749. The van der Waals surface area contributed by atoms with Crippen LogP contribution >= 0.6 is 0 Å². The van der Waals surface area contributed by atoms with Crippen molar-refractivity contribution in [1.29, 1.82) is 0 Å². The van der Waals surface area contributed by atoms with E-state index in [9.17, 15) is 19.8 Å². The third-order valence-corrected chi connectivity index (χ3v) is 11.7. The van der Waals surface area contributed by atoms with E-state index < -0.39 is 18.2 Å². The van der Waals surface area contributed by atoms with Crippen molar-refractivity contribution in [2.75, 3.05) is 6.61 Å². The maximum atomic E-state index is 13.2. The molecule has 0 bridgehead atoms. The number of aliphatic hydroxyl groups is 2. The van der Waals surface area contributed by atoms with E-state index in [-0.39, 0.29) is 24.9 Å². The molecule has 0 spiro atoms. The van der Waals surface area contributed by atoms with Crippen LogP contribution in [0.1, 0.15) is 271 Å². The Morgan fingerprint density at radius 1 is 0.483 bits per heavy atom. The lowest BCUT2D eigenvalue weighted by Gasteiger charge is -2.24. The first-order valence-corrected chi connectivity index (χ1v) is 25.6. The van der Waals surface area contributed by atoms with Gasteiger partial charge in [-0.2, -0.15) is 0 Å². The molecule has 0 heterocycles. The zero-order valence-electron chi connectivity index (χ0n) is 38.9. The van der Waals surface area contributed by atoms with Crippen LogP contribution in [0.3, 0.4) is 0 Å². The third kappa shape index (κ3) is 41.1. The molecule has 0 aromatic rings. The van der Waals surface area contributed by atoms with Crippen LogP contribution < -0.4 is 5.32 Å². The zero-order valence-corrected chi connectivity index (χ0v) is 38.9. The number of ether oxygens (including phenoxy) is 1. The highest BCUT2D eigenvalue weighted by Crippen LogP contribution is 2.18. The minimum Gasteiger partial charge on any atom is -0.462 e. The number of hydrogen-bond acceptors (Lipinski definition) is 5. The Morgan fingerprint density at radius 3 is 1.29 bits per heavy atom. The van der Waals surface area contributed by atoms with Crippen LogP contribution in [0.15, 0.2) is 24.3 Å². The molecule has 58 heavy (non-hydrogen) atoms. The van der Waals surface area contributed by atoms with Gasteiger partial charge in [0.25, 0.3) is 0 Å². The summed E-state index contributed by atoms with van der Waals surface area (Å²) in [7, 11) is 0. The molecule has 0 radical (unpaired) electrons. The fourth-order valence-electron chi connectivity index (χ4n) is 7.84. The van der Waals surface area contributed by atoms with E-state index in [1.807, 2.05) is 0 Å². The lowest BCUT2D eigenvalue weighted by atomic mass is 10.0.